The van der Waals surface area contributed by atoms with Crippen LogP contribution < -0.4 is 5.32 Å². The van der Waals surface area contributed by atoms with Crippen molar-refractivity contribution in [2.45, 2.75) is 24.8 Å². The molecule has 0 saturated heterocycles. The second-order valence-electron chi connectivity index (χ2n) is 5.77. The Balaban J connectivity index is 2.23. The van der Waals surface area contributed by atoms with E-state index < -0.39 is 17.9 Å². The summed E-state index contributed by atoms with van der Waals surface area (Å²) < 4.78 is 27.2. The second kappa shape index (κ2) is 6.08. The summed E-state index contributed by atoms with van der Waals surface area (Å²) in [6.45, 7) is 0. The van der Waals surface area contributed by atoms with Crippen LogP contribution in [0.2, 0.25) is 0 Å². The third kappa shape index (κ3) is 2.84. The lowest BCUT2D eigenvalue weighted by molar-refractivity contribution is -0.139. The number of aliphatic carboxylic acids is 1. The average molecular weight is 317 g/mol. The van der Waals surface area contributed by atoms with Gasteiger partial charge in [-0.3, -0.25) is 4.79 Å². The van der Waals surface area contributed by atoms with Gasteiger partial charge in [0.05, 0.1) is 0 Å². The maximum Gasteiger partial charge on any atom is 0.321 e. The summed E-state index contributed by atoms with van der Waals surface area (Å²) in [6, 6.07) is 7.98. The van der Waals surface area contributed by atoms with Gasteiger partial charge in [-0.15, -0.1) is 0 Å². The van der Waals surface area contributed by atoms with Crippen molar-refractivity contribution in [3.8, 4) is 0 Å². The largest absolute Gasteiger partial charge is 0.480 e. The highest BCUT2D eigenvalue weighted by molar-refractivity contribution is 5.76. The number of nitrogens with one attached hydrogen (secondary N) is 1. The topological polar surface area (TPSA) is 49.3 Å². The number of hydrogen-bond acceptors (Lipinski definition) is 2. The lowest BCUT2D eigenvalue weighted by atomic mass is 9.82. The van der Waals surface area contributed by atoms with Crippen molar-refractivity contribution in [2.24, 2.45) is 0 Å². The number of carboxylic acids is 1. The fourth-order valence-electron chi connectivity index (χ4n) is 3.42. The Morgan fingerprint density at radius 3 is 1.96 bits per heavy atom. The molecule has 0 bridgehead atoms. The maximum absolute atomic E-state index is 13.6. The normalized spacial score (nSPS) is 15.4. The van der Waals surface area contributed by atoms with E-state index in [2.05, 4.69) is 5.32 Å². The molecule has 0 aliphatic heterocycles. The van der Waals surface area contributed by atoms with Gasteiger partial charge in [0.2, 0.25) is 0 Å². The lowest BCUT2D eigenvalue weighted by Gasteiger charge is -2.26. The predicted octanol–water partition coefficient (Wildman–Crippen LogP) is 2.87. The monoisotopic (exact) mass is 317 g/mol. The van der Waals surface area contributed by atoms with Crippen molar-refractivity contribution in [2.75, 3.05) is 7.05 Å². The van der Waals surface area contributed by atoms with Crippen LogP contribution in [0.15, 0.2) is 36.4 Å². The van der Waals surface area contributed by atoms with Gasteiger partial charge in [0, 0.05) is 5.92 Å². The van der Waals surface area contributed by atoms with Gasteiger partial charge in [-0.1, -0.05) is 12.1 Å². The molecular formula is C18H17F2NO2. The summed E-state index contributed by atoms with van der Waals surface area (Å²) in [4.78, 5) is 11.7. The molecule has 0 fully saturated rings. The standard InChI is InChI=1S/C18H17F2NO2/c1-21-17(18(22)23)16-14-6-4-12(19)8-10(14)2-3-11-9-13(20)5-7-15(11)16/h4-9,16-17,21H,2-3H2,1H3,(H,22,23). The SMILES string of the molecule is CNC(C(=O)O)C1c2ccc(F)cc2CCc2cc(F)ccc21. The summed E-state index contributed by atoms with van der Waals surface area (Å²) in [5.41, 5.74) is 3.10. The zero-order valence-electron chi connectivity index (χ0n) is 12.6. The van der Waals surface area contributed by atoms with Crippen LogP contribution in [0.5, 0.6) is 0 Å². The Morgan fingerprint density at radius 1 is 1.09 bits per heavy atom. The van der Waals surface area contributed by atoms with Crippen molar-refractivity contribution >= 4 is 5.97 Å². The number of likely N-dealkylation sites (N-methyl/N-ethyl adjacent to an activating group) is 1. The van der Waals surface area contributed by atoms with Crippen molar-refractivity contribution in [1.82, 2.24) is 5.32 Å². The minimum absolute atomic E-state index is 0.351. The molecule has 0 aromatic heterocycles. The zero-order valence-corrected chi connectivity index (χ0v) is 12.6. The molecule has 3 nitrogen and oxygen atoms in total. The van der Waals surface area contributed by atoms with Gasteiger partial charge in [-0.25, -0.2) is 8.78 Å². The second-order valence-corrected chi connectivity index (χ2v) is 5.77. The summed E-state index contributed by atoms with van der Waals surface area (Å²) in [6.07, 6.45) is 1.10. The minimum Gasteiger partial charge on any atom is -0.480 e. The van der Waals surface area contributed by atoms with Gasteiger partial charge >= 0.3 is 5.97 Å². The highest BCUT2D eigenvalue weighted by atomic mass is 19.1. The molecule has 5 heteroatoms. The number of hydrogen-bond donors (Lipinski definition) is 2. The van der Waals surface area contributed by atoms with Crippen molar-refractivity contribution in [3.63, 3.8) is 0 Å². The van der Waals surface area contributed by atoms with E-state index in [9.17, 15) is 18.7 Å². The number of aryl methyl sites for hydroxylation is 2. The van der Waals surface area contributed by atoms with Crippen molar-refractivity contribution < 1.29 is 18.7 Å². The molecule has 0 radical (unpaired) electrons. The fraction of sp³-hybridized carbons (Fsp3) is 0.278. The molecule has 1 atom stereocenters. The zero-order chi connectivity index (χ0) is 16.6. The van der Waals surface area contributed by atoms with Gasteiger partial charge in [0.25, 0.3) is 0 Å². The summed E-state index contributed by atoms with van der Waals surface area (Å²) >= 11 is 0. The number of rotatable bonds is 3. The van der Waals surface area contributed by atoms with Gasteiger partial charge < -0.3 is 10.4 Å². The van der Waals surface area contributed by atoms with Crippen LogP contribution in [0.4, 0.5) is 8.78 Å². The number of carboxylic acid groups (broad SMARTS) is 1. The first-order chi connectivity index (χ1) is 11.0. The molecule has 2 aromatic rings. The van der Waals surface area contributed by atoms with Gasteiger partial charge in [-0.05, 0) is 66.4 Å². The van der Waals surface area contributed by atoms with Gasteiger partial charge in [0.15, 0.2) is 0 Å². The third-order valence-electron chi connectivity index (χ3n) is 4.45. The molecule has 0 saturated carbocycles. The van der Waals surface area contributed by atoms with E-state index in [-0.39, 0.29) is 11.6 Å². The molecule has 3 rings (SSSR count). The quantitative estimate of drug-likeness (QED) is 0.915. The third-order valence-corrected chi connectivity index (χ3v) is 4.45. The predicted molar refractivity (Wildman–Crippen MR) is 82.5 cm³/mol. The van der Waals surface area contributed by atoms with Crippen LogP contribution in [0.1, 0.15) is 28.2 Å². The van der Waals surface area contributed by atoms with Crippen molar-refractivity contribution in [3.05, 3.63) is 70.3 Å². The van der Waals surface area contributed by atoms with E-state index >= 15 is 0 Å². The molecule has 1 aliphatic carbocycles. The molecule has 120 valence electrons. The molecule has 2 N–H and O–H groups in total. The Labute approximate surface area is 133 Å². The summed E-state index contributed by atoms with van der Waals surface area (Å²) in [5, 5.41) is 12.4. The Kier molecular flexibility index (Phi) is 4.13. The van der Waals surface area contributed by atoms with E-state index in [1.54, 1.807) is 19.2 Å². The highest BCUT2D eigenvalue weighted by Gasteiger charge is 2.34. The van der Waals surface area contributed by atoms with Gasteiger partial charge in [-0.2, -0.15) is 0 Å². The molecule has 2 aromatic carbocycles. The highest BCUT2D eigenvalue weighted by Crippen LogP contribution is 2.37. The first kappa shape index (κ1) is 15.6. The van der Waals surface area contributed by atoms with E-state index in [1.165, 1.54) is 24.3 Å². The number of carbonyl (C=O) groups is 1. The first-order valence-corrected chi connectivity index (χ1v) is 7.48. The van der Waals surface area contributed by atoms with Crippen LogP contribution in [-0.4, -0.2) is 24.2 Å². The van der Waals surface area contributed by atoms with Crippen LogP contribution in [-0.2, 0) is 17.6 Å². The van der Waals surface area contributed by atoms with Crippen LogP contribution in [0.25, 0.3) is 0 Å². The van der Waals surface area contributed by atoms with E-state index in [1.807, 2.05) is 0 Å². The average Bonchev–Trinajstić information content (AvgIpc) is 2.65. The summed E-state index contributed by atoms with van der Waals surface area (Å²) in [7, 11) is 1.58. The first-order valence-electron chi connectivity index (χ1n) is 7.48. The Morgan fingerprint density at radius 2 is 1.57 bits per heavy atom. The number of fused-ring (bicyclic) bond motifs is 2. The van der Waals surface area contributed by atoms with Gasteiger partial charge in [0.1, 0.15) is 17.7 Å². The molecule has 0 amide bonds. The molecule has 1 unspecified atom stereocenters. The maximum atomic E-state index is 13.6. The molecule has 0 heterocycles. The molecular weight excluding hydrogens is 300 g/mol. The molecule has 23 heavy (non-hydrogen) atoms. The number of halogens is 2. The van der Waals surface area contributed by atoms with Crippen LogP contribution in [0, 0.1) is 11.6 Å². The smallest absolute Gasteiger partial charge is 0.321 e. The molecule has 1 aliphatic rings. The van der Waals surface area contributed by atoms with E-state index in [0.29, 0.717) is 12.8 Å². The molecule has 0 spiro atoms. The fourth-order valence-corrected chi connectivity index (χ4v) is 3.42. The van der Waals surface area contributed by atoms with E-state index in [0.717, 1.165) is 22.3 Å². The summed E-state index contributed by atoms with van der Waals surface area (Å²) in [5.74, 6) is -2.19. The van der Waals surface area contributed by atoms with Crippen LogP contribution >= 0.6 is 0 Å². The Bertz CT molecular complexity index is 707. The number of benzene rings is 2. The Hall–Kier alpha value is -2.27. The lowest BCUT2D eigenvalue weighted by Crippen LogP contribution is -2.40. The van der Waals surface area contributed by atoms with Crippen LogP contribution in [0.3, 0.4) is 0 Å². The minimum atomic E-state index is -0.995. The van der Waals surface area contributed by atoms with E-state index in [4.69, 9.17) is 0 Å². The van der Waals surface area contributed by atoms with Crippen molar-refractivity contribution in [1.29, 1.82) is 0 Å².